The van der Waals surface area contributed by atoms with Gasteiger partial charge >= 0.3 is 6.09 Å². The normalized spacial score (nSPS) is 12.8. The van der Waals surface area contributed by atoms with Crippen molar-refractivity contribution in [3.63, 3.8) is 0 Å². The molecule has 0 spiro atoms. The van der Waals surface area contributed by atoms with Crippen molar-refractivity contribution in [1.29, 1.82) is 0 Å². The molecule has 9 heteroatoms. The van der Waals surface area contributed by atoms with Gasteiger partial charge in [0, 0.05) is 19.8 Å². The summed E-state index contributed by atoms with van der Waals surface area (Å²) < 4.78 is 21.3. The molecule has 0 saturated heterocycles. The van der Waals surface area contributed by atoms with Crippen molar-refractivity contribution < 1.29 is 28.8 Å². The third kappa shape index (κ3) is 19.7. The van der Waals surface area contributed by atoms with Crippen LogP contribution in [0.5, 0.6) is 0 Å². The van der Waals surface area contributed by atoms with E-state index in [1.54, 1.807) is 0 Å². The highest BCUT2D eigenvalue weighted by atomic mass is 35.5. The highest BCUT2D eigenvalue weighted by molar-refractivity contribution is 6.18. The van der Waals surface area contributed by atoms with Crippen LogP contribution in [0.3, 0.4) is 0 Å². The number of rotatable bonds is 16. The molecule has 0 aliphatic heterocycles. The monoisotopic (exact) mass is 398 g/mol. The van der Waals surface area contributed by atoms with Gasteiger partial charge in [-0.05, 0) is 40.2 Å². The van der Waals surface area contributed by atoms with Gasteiger partial charge in [-0.2, -0.15) is 0 Å². The minimum atomic E-state index is -0.659. The van der Waals surface area contributed by atoms with Gasteiger partial charge in [-0.25, -0.2) is 4.79 Å². The average Bonchev–Trinajstić information content (AvgIpc) is 2.56. The molecule has 0 heterocycles. The summed E-state index contributed by atoms with van der Waals surface area (Å²) in [7, 11) is 0. The van der Waals surface area contributed by atoms with Gasteiger partial charge in [0.2, 0.25) is 0 Å². The van der Waals surface area contributed by atoms with E-state index in [9.17, 15) is 9.90 Å². The molecule has 0 rings (SSSR count). The number of halogens is 1. The summed E-state index contributed by atoms with van der Waals surface area (Å²) in [4.78, 5) is 11.4. The molecule has 0 aromatic heterocycles. The van der Waals surface area contributed by atoms with Crippen LogP contribution >= 0.6 is 11.6 Å². The molecule has 0 aromatic carbocycles. The molecule has 0 radical (unpaired) electrons. The number of hydrogen-bond donors (Lipinski definition) is 3. The van der Waals surface area contributed by atoms with E-state index >= 15 is 0 Å². The number of hydrogen-bond acceptors (Lipinski definition) is 7. The molecule has 0 aliphatic carbocycles. The molecular weight excluding hydrogens is 364 g/mol. The van der Waals surface area contributed by atoms with Crippen LogP contribution < -0.4 is 10.6 Å². The van der Waals surface area contributed by atoms with E-state index in [-0.39, 0.29) is 5.88 Å². The van der Waals surface area contributed by atoms with E-state index in [0.717, 1.165) is 12.8 Å². The Kier molecular flexibility index (Phi) is 16.1. The number of aliphatic hydroxyl groups is 1. The van der Waals surface area contributed by atoms with E-state index in [1.165, 1.54) is 0 Å². The van der Waals surface area contributed by atoms with E-state index < -0.39 is 17.9 Å². The van der Waals surface area contributed by atoms with Gasteiger partial charge in [-0.1, -0.05) is 0 Å². The van der Waals surface area contributed by atoms with E-state index in [1.807, 2.05) is 20.8 Å². The summed E-state index contributed by atoms with van der Waals surface area (Å²) in [5.41, 5.74) is -0.481. The second-order valence-electron chi connectivity index (χ2n) is 6.60. The van der Waals surface area contributed by atoms with Crippen LogP contribution in [0.25, 0.3) is 0 Å². The maximum atomic E-state index is 11.4. The van der Waals surface area contributed by atoms with Gasteiger partial charge < -0.3 is 29.4 Å². The quantitative estimate of drug-likeness (QED) is 0.206. The molecule has 8 nitrogen and oxygen atoms in total. The van der Waals surface area contributed by atoms with Gasteiger partial charge in [-0.15, -0.1) is 11.6 Å². The minimum absolute atomic E-state index is 0.178. The summed E-state index contributed by atoms with van der Waals surface area (Å²) in [5, 5.41) is 14.7. The van der Waals surface area contributed by atoms with Crippen molar-refractivity contribution in [2.24, 2.45) is 0 Å². The largest absolute Gasteiger partial charge is 0.444 e. The molecule has 0 aromatic rings. The molecule has 0 saturated carbocycles. The number of ether oxygens (including phenoxy) is 4. The van der Waals surface area contributed by atoms with Crippen LogP contribution in [0.15, 0.2) is 0 Å². The number of carbonyl (C=O) groups is 1. The fourth-order valence-electron chi connectivity index (χ4n) is 1.72. The lowest BCUT2D eigenvalue weighted by molar-refractivity contribution is 0.0132. The van der Waals surface area contributed by atoms with E-state index in [4.69, 9.17) is 30.5 Å². The molecule has 1 atom stereocenters. The van der Waals surface area contributed by atoms with Crippen LogP contribution in [-0.2, 0) is 18.9 Å². The summed E-state index contributed by atoms with van der Waals surface area (Å²) in [5.74, 6) is 0.178. The third-order valence-corrected chi connectivity index (χ3v) is 3.16. The number of aliphatic hydroxyl groups excluding tert-OH is 1. The lowest BCUT2D eigenvalue weighted by Gasteiger charge is -2.19. The predicted octanol–water partition coefficient (Wildman–Crippen LogP) is 1.49. The summed E-state index contributed by atoms with van der Waals surface area (Å²) in [6.07, 6.45) is 0.448. The Morgan fingerprint density at radius 2 is 1.46 bits per heavy atom. The summed E-state index contributed by atoms with van der Waals surface area (Å²) in [6, 6.07) is 0. The fraction of sp³-hybridized carbons (Fsp3) is 0.941. The Hall–Kier alpha value is -0.640. The Morgan fingerprint density at radius 1 is 0.962 bits per heavy atom. The molecule has 0 aliphatic rings. The first-order chi connectivity index (χ1) is 12.3. The minimum Gasteiger partial charge on any atom is -0.444 e. The van der Waals surface area contributed by atoms with Crippen molar-refractivity contribution in [3.8, 4) is 0 Å². The zero-order chi connectivity index (χ0) is 19.7. The van der Waals surface area contributed by atoms with Crippen molar-refractivity contribution >= 4 is 17.7 Å². The zero-order valence-electron chi connectivity index (χ0n) is 16.2. The smallest absolute Gasteiger partial charge is 0.407 e. The van der Waals surface area contributed by atoms with Crippen molar-refractivity contribution in [2.45, 2.75) is 45.4 Å². The van der Waals surface area contributed by atoms with Gasteiger partial charge in [0.05, 0.1) is 32.3 Å². The van der Waals surface area contributed by atoms with Crippen LogP contribution in [0.2, 0.25) is 0 Å². The summed E-state index contributed by atoms with van der Waals surface area (Å²) >= 11 is 5.45. The number of alkyl halides is 1. The van der Waals surface area contributed by atoms with Gasteiger partial charge in [0.1, 0.15) is 11.8 Å². The Morgan fingerprint density at radius 3 is 1.96 bits per heavy atom. The average molecular weight is 399 g/mol. The first kappa shape index (κ1) is 25.4. The lowest BCUT2D eigenvalue weighted by Crippen LogP contribution is -2.33. The number of nitrogens with one attached hydrogen (secondary N) is 2. The van der Waals surface area contributed by atoms with Crippen molar-refractivity contribution in [1.82, 2.24) is 10.6 Å². The van der Waals surface area contributed by atoms with E-state index in [0.29, 0.717) is 52.7 Å². The topological polar surface area (TPSA) is 98.3 Å². The molecular formula is C17H35ClN2O6. The maximum absolute atomic E-state index is 11.4. The standard InChI is InChI=1S/C17H35ClN2O6/c1-17(2,3)26-16(22)20-7-5-9-24-11-13-25-12-10-23-8-4-6-19-15(21)14-18/h15,19,21H,4-14H2,1-3H3,(H,20,22). The number of amides is 1. The van der Waals surface area contributed by atoms with Crippen LogP contribution in [-0.4, -0.2) is 81.6 Å². The van der Waals surface area contributed by atoms with Gasteiger partial charge in [0.25, 0.3) is 0 Å². The highest BCUT2D eigenvalue weighted by Crippen LogP contribution is 2.06. The Bertz CT molecular complexity index is 342. The van der Waals surface area contributed by atoms with Crippen molar-refractivity contribution in [3.05, 3.63) is 0 Å². The number of alkyl carbamates (subject to hydrolysis) is 1. The fourth-order valence-corrected chi connectivity index (χ4v) is 1.83. The Labute approximate surface area is 161 Å². The zero-order valence-corrected chi connectivity index (χ0v) is 17.0. The molecule has 0 bridgehead atoms. The third-order valence-electron chi connectivity index (χ3n) is 2.87. The maximum Gasteiger partial charge on any atom is 0.407 e. The molecule has 156 valence electrons. The summed E-state index contributed by atoms with van der Waals surface area (Å²) in [6.45, 7) is 9.86. The molecule has 26 heavy (non-hydrogen) atoms. The van der Waals surface area contributed by atoms with Crippen LogP contribution in [0.1, 0.15) is 33.6 Å². The second-order valence-corrected chi connectivity index (χ2v) is 6.91. The van der Waals surface area contributed by atoms with Crippen LogP contribution in [0, 0.1) is 0 Å². The first-order valence-corrected chi connectivity index (χ1v) is 9.56. The Balaban J connectivity index is 3.17. The first-order valence-electron chi connectivity index (χ1n) is 9.02. The predicted molar refractivity (Wildman–Crippen MR) is 101 cm³/mol. The highest BCUT2D eigenvalue weighted by Gasteiger charge is 2.15. The lowest BCUT2D eigenvalue weighted by atomic mass is 10.2. The molecule has 1 amide bonds. The molecule has 1 unspecified atom stereocenters. The second kappa shape index (κ2) is 16.5. The van der Waals surface area contributed by atoms with Crippen LogP contribution in [0.4, 0.5) is 4.79 Å². The molecule has 0 fully saturated rings. The van der Waals surface area contributed by atoms with Crippen molar-refractivity contribution in [2.75, 3.05) is 58.6 Å². The number of carbonyl (C=O) groups excluding carboxylic acids is 1. The SMILES string of the molecule is CC(C)(C)OC(=O)NCCCOCCOCCOCCCNC(O)CCl. The van der Waals surface area contributed by atoms with Gasteiger partial charge in [-0.3, -0.25) is 5.32 Å². The van der Waals surface area contributed by atoms with E-state index in [2.05, 4.69) is 10.6 Å². The molecule has 3 N–H and O–H groups in total. The van der Waals surface area contributed by atoms with Gasteiger partial charge in [0.15, 0.2) is 0 Å².